The molecule has 3 atom stereocenters. The van der Waals surface area contributed by atoms with Crippen molar-refractivity contribution >= 4 is 23.0 Å². The van der Waals surface area contributed by atoms with Gasteiger partial charge in [0.05, 0.1) is 11.8 Å². The van der Waals surface area contributed by atoms with E-state index in [4.69, 9.17) is 11.6 Å². The maximum absolute atomic E-state index is 9.38. The van der Waals surface area contributed by atoms with Crippen LogP contribution in [0.1, 0.15) is 19.3 Å². The third-order valence-electron chi connectivity index (χ3n) is 5.66. The Morgan fingerprint density at radius 2 is 1.77 bits per heavy atom. The molecule has 3 fully saturated rings. The first-order chi connectivity index (χ1) is 10.8. The lowest BCUT2D eigenvalue weighted by Gasteiger charge is -2.41. The Hall–Kier alpha value is -1.26. The van der Waals surface area contributed by atoms with Crippen molar-refractivity contribution in [1.82, 2.24) is 4.90 Å². The summed E-state index contributed by atoms with van der Waals surface area (Å²) in [5.41, 5.74) is 2.30. The fourth-order valence-electron chi connectivity index (χ4n) is 4.59. The number of hydrogen-bond acceptors (Lipinski definition) is 4. The lowest BCUT2D eigenvalue weighted by atomic mass is 9.91. The lowest BCUT2D eigenvalue weighted by Crippen LogP contribution is -2.54. The Kier molecular flexibility index (Phi) is 3.74. The number of oxime groups is 1. The molecule has 4 nitrogen and oxygen atoms in total. The Bertz CT molecular complexity index is 566. The number of anilines is 1. The van der Waals surface area contributed by atoms with Gasteiger partial charge in [-0.1, -0.05) is 16.8 Å². The van der Waals surface area contributed by atoms with Crippen molar-refractivity contribution in [2.24, 2.45) is 17.0 Å². The highest BCUT2D eigenvalue weighted by atomic mass is 35.5. The highest BCUT2D eigenvalue weighted by Gasteiger charge is 2.48. The zero-order valence-corrected chi connectivity index (χ0v) is 13.4. The van der Waals surface area contributed by atoms with Crippen LogP contribution in [0.25, 0.3) is 0 Å². The van der Waals surface area contributed by atoms with Gasteiger partial charge in [0.25, 0.3) is 0 Å². The maximum Gasteiger partial charge on any atom is 0.0775 e. The number of nitrogens with zero attached hydrogens (tertiary/aromatic N) is 3. The van der Waals surface area contributed by atoms with Gasteiger partial charge in [-0.3, -0.25) is 4.90 Å². The van der Waals surface area contributed by atoms with Gasteiger partial charge in [0, 0.05) is 42.8 Å². The van der Waals surface area contributed by atoms with Gasteiger partial charge in [-0.05, 0) is 49.4 Å². The molecule has 2 bridgehead atoms. The molecule has 1 saturated heterocycles. The molecule has 1 heterocycles. The third kappa shape index (κ3) is 2.38. The van der Waals surface area contributed by atoms with Crippen LogP contribution in [0.3, 0.4) is 0 Å². The van der Waals surface area contributed by atoms with Crippen LogP contribution in [0.4, 0.5) is 5.69 Å². The summed E-state index contributed by atoms with van der Waals surface area (Å²) in [5, 5.41) is 13.8. The van der Waals surface area contributed by atoms with E-state index < -0.39 is 0 Å². The number of rotatable bonds is 2. The first-order valence-corrected chi connectivity index (χ1v) is 8.60. The summed E-state index contributed by atoms with van der Waals surface area (Å²) in [5.74, 6) is 1.24. The maximum atomic E-state index is 9.38. The van der Waals surface area contributed by atoms with Crippen molar-refractivity contribution in [3.05, 3.63) is 29.3 Å². The minimum atomic E-state index is 0.385. The molecule has 118 valence electrons. The normalized spacial score (nSPS) is 33.8. The Balaban J connectivity index is 1.43. The van der Waals surface area contributed by atoms with Crippen LogP contribution in [0.5, 0.6) is 0 Å². The smallest absolute Gasteiger partial charge is 0.0775 e. The van der Waals surface area contributed by atoms with E-state index in [1.165, 1.54) is 24.9 Å². The van der Waals surface area contributed by atoms with E-state index in [-0.39, 0.29) is 0 Å². The number of benzene rings is 1. The highest BCUT2D eigenvalue weighted by molar-refractivity contribution is 6.30. The predicted molar refractivity (Wildman–Crippen MR) is 89.1 cm³/mol. The predicted octanol–water partition coefficient (Wildman–Crippen LogP) is 3.09. The molecule has 0 unspecified atom stereocenters. The third-order valence-corrected chi connectivity index (χ3v) is 5.91. The zero-order chi connectivity index (χ0) is 15.1. The largest absolute Gasteiger partial charge is 0.411 e. The topological polar surface area (TPSA) is 39.1 Å². The fraction of sp³-hybridized carbons (Fsp3) is 0.588. The minimum absolute atomic E-state index is 0.385. The molecule has 1 N–H and O–H groups in total. The average Bonchev–Trinajstić information content (AvgIpc) is 3.16. The highest BCUT2D eigenvalue weighted by Crippen LogP contribution is 2.45. The standard InChI is InChI=1S/C17H22ClN3O/c18-14-3-5-15(6-4-14)20-7-9-21(10-8-20)17-13-2-1-12(11-13)16(17)19-22/h3-6,12-13,17,22H,1-2,7-11H2/b19-16+/t12-,13+,17-/m0/s1. The molecule has 22 heavy (non-hydrogen) atoms. The van der Waals surface area contributed by atoms with Gasteiger partial charge in [0.2, 0.25) is 0 Å². The second kappa shape index (κ2) is 5.74. The van der Waals surface area contributed by atoms with Crippen molar-refractivity contribution in [3.8, 4) is 0 Å². The SMILES string of the molecule is O/N=C1\[C@H]2CC[C@H](C2)[C@@H]1N1CCN(c2ccc(Cl)cc2)CC1. The van der Waals surface area contributed by atoms with E-state index in [0.29, 0.717) is 17.9 Å². The number of halogens is 1. The fourth-order valence-corrected chi connectivity index (χ4v) is 4.72. The summed E-state index contributed by atoms with van der Waals surface area (Å²) < 4.78 is 0. The molecule has 3 aliphatic rings. The first kappa shape index (κ1) is 14.3. The van der Waals surface area contributed by atoms with Crippen molar-refractivity contribution in [2.75, 3.05) is 31.1 Å². The monoisotopic (exact) mass is 319 g/mol. The van der Waals surface area contributed by atoms with Gasteiger partial charge in [-0.2, -0.15) is 0 Å². The van der Waals surface area contributed by atoms with E-state index in [1.54, 1.807) is 0 Å². The summed E-state index contributed by atoms with van der Waals surface area (Å²) in [7, 11) is 0. The molecular weight excluding hydrogens is 298 g/mol. The van der Waals surface area contributed by atoms with Gasteiger partial charge in [-0.15, -0.1) is 0 Å². The zero-order valence-electron chi connectivity index (χ0n) is 12.7. The van der Waals surface area contributed by atoms with Crippen LogP contribution >= 0.6 is 11.6 Å². The van der Waals surface area contributed by atoms with E-state index in [0.717, 1.165) is 36.9 Å². The molecule has 0 radical (unpaired) electrons. The number of piperazine rings is 1. The van der Waals surface area contributed by atoms with Crippen LogP contribution < -0.4 is 4.90 Å². The summed E-state index contributed by atoms with van der Waals surface area (Å²) in [6.45, 7) is 4.12. The van der Waals surface area contributed by atoms with E-state index >= 15 is 0 Å². The van der Waals surface area contributed by atoms with Crippen molar-refractivity contribution in [3.63, 3.8) is 0 Å². The summed E-state index contributed by atoms with van der Waals surface area (Å²) in [6.07, 6.45) is 3.73. The Morgan fingerprint density at radius 1 is 1.05 bits per heavy atom. The Morgan fingerprint density at radius 3 is 2.45 bits per heavy atom. The molecule has 0 amide bonds. The van der Waals surface area contributed by atoms with Crippen LogP contribution in [-0.4, -0.2) is 48.0 Å². The van der Waals surface area contributed by atoms with Gasteiger partial charge < -0.3 is 10.1 Å². The Labute approximate surface area is 136 Å². The summed E-state index contributed by atoms with van der Waals surface area (Å²) >= 11 is 5.96. The van der Waals surface area contributed by atoms with Crippen molar-refractivity contribution in [2.45, 2.75) is 25.3 Å². The van der Waals surface area contributed by atoms with Crippen LogP contribution in [0, 0.1) is 11.8 Å². The van der Waals surface area contributed by atoms with Crippen LogP contribution in [0.2, 0.25) is 5.02 Å². The average molecular weight is 320 g/mol. The van der Waals surface area contributed by atoms with Gasteiger partial charge in [0.15, 0.2) is 0 Å². The quantitative estimate of drug-likeness (QED) is 0.672. The van der Waals surface area contributed by atoms with E-state index in [9.17, 15) is 5.21 Å². The molecule has 1 aliphatic heterocycles. The molecule has 5 heteroatoms. The molecule has 2 aliphatic carbocycles. The molecule has 0 spiro atoms. The second-order valence-electron chi connectivity index (χ2n) is 6.74. The first-order valence-electron chi connectivity index (χ1n) is 8.22. The summed E-state index contributed by atoms with van der Waals surface area (Å²) in [4.78, 5) is 4.95. The van der Waals surface area contributed by atoms with Gasteiger partial charge in [0.1, 0.15) is 0 Å². The van der Waals surface area contributed by atoms with E-state index in [2.05, 4.69) is 27.1 Å². The molecular formula is C17H22ClN3O. The van der Waals surface area contributed by atoms with Gasteiger partial charge >= 0.3 is 0 Å². The lowest BCUT2D eigenvalue weighted by molar-refractivity contribution is 0.181. The van der Waals surface area contributed by atoms with Crippen molar-refractivity contribution in [1.29, 1.82) is 0 Å². The van der Waals surface area contributed by atoms with Crippen LogP contribution in [0.15, 0.2) is 29.4 Å². The molecule has 4 rings (SSSR count). The number of fused-ring (bicyclic) bond motifs is 2. The van der Waals surface area contributed by atoms with E-state index in [1.807, 2.05) is 12.1 Å². The molecule has 1 aromatic rings. The molecule has 0 aromatic heterocycles. The van der Waals surface area contributed by atoms with Crippen molar-refractivity contribution < 1.29 is 5.21 Å². The summed E-state index contributed by atoms with van der Waals surface area (Å²) in [6, 6.07) is 8.48. The second-order valence-corrected chi connectivity index (χ2v) is 7.18. The molecule has 2 saturated carbocycles. The van der Waals surface area contributed by atoms with Gasteiger partial charge in [-0.25, -0.2) is 0 Å². The number of hydrogen-bond donors (Lipinski definition) is 1. The minimum Gasteiger partial charge on any atom is -0.411 e. The molecule has 1 aromatic carbocycles. The van der Waals surface area contributed by atoms with Crippen LogP contribution in [-0.2, 0) is 0 Å².